The van der Waals surface area contributed by atoms with Crippen LogP contribution in [0.3, 0.4) is 0 Å². The smallest absolute Gasteiger partial charge is 0.254 e. The van der Waals surface area contributed by atoms with Crippen LogP contribution in [0.1, 0.15) is 0 Å². The first-order valence-electron chi connectivity index (χ1n) is 5.25. The maximum atomic E-state index is 11.9. The number of hydrogen-bond acceptors (Lipinski definition) is 3. The molecule has 1 aromatic rings. The Kier molecular flexibility index (Phi) is 4.39. The number of benzene rings is 1. The average Bonchev–Trinajstić information content (AvgIpc) is 2.34. The quantitative estimate of drug-likeness (QED) is 0.877. The van der Waals surface area contributed by atoms with E-state index in [0.29, 0.717) is 23.9 Å². The maximum Gasteiger partial charge on any atom is 0.254 e. The Morgan fingerprint density at radius 1 is 1.59 bits per heavy atom. The molecule has 1 aliphatic rings. The Morgan fingerprint density at radius 3 is 3.06 bits per heavy atom. The highest BCUT2D eigenvalue weighted by molar-refractivity contribution is 9.10. The number of ether oxygens (including phenoxy) is 1. The molecule has 4 nitrogen and oxygen atoms in total. The van der Waals surface area contributed by atoms with Gasteiger partial charge in [0.1, 0.15) is 6.10 Å². The molecule has 1 amide bonds. The van der Waals surface area contributed by atoms with E-state index in [1.54, 1.807) is 18.2 Å². The van der Waals surface area contributed by atoms with Crippen LogP contribution in [0.15, 0.2) is 22.7 Å². The number of amides is 1. The molecule has 2 rings (SSSR count). The minimum atomic E-state index is -0.439. The summed E-state index contributed by atoms with van der Waals surface area (Å²) in [5.74, 6) is -0.153. The lowest BCUT2D eigenvalue weighted by Gasteiger charge is -2.22. The van der Waals surface area contributed by atoms with Gasteiger partial charge >= 0.3 is 0 Å². The summed E-state index contributed by atoms with van der Waals surface area (Å²) in [7, 11) is 0. The summed E-state index contributed by atoms with van der Waals surface area (Å²) >= 11 is 9.17. The third kappa shape index (κ3) is 3.42. The SMILES string of the molecule is O=C(Nc1ccc(Cl)cc1Br)C1CNCCO1. The van der Waals surface area contributed by atoms with Gasteiger partial charge in [-0.25, -0.2) is 0 Å². The molecule has 1 aromatic carbocycles. The van der Waals surface area contributed by atoms with Crippen molar-refractivity contribution in [2.45, 2.75) is 6.10 Å². The van der Waals surface area contributed by atoms with Gasteiger partial charge in [-0.1, -0.05) is 11.6 Å². The van der Waals surface area contributed by atoms with Crippen LogP contribution >= 0.6 is 27.5 Å². The fourth-order valence-corrected chi connectivity index (χ4v) is 2.32. The second-order valence-electron chi connectivity index (χ2n) is 3.68. The number of hydrogen-bond donors (Lipinski definition) is 2. The number of carbonyl (C=O) groups excluding carboxylic acids is 1. The van der Waals surface area contributed by atoms with E-state index < -0.39 is 6.10 Å². The monoisotopic (exact) mass is 318 g/mol. The molecule has 0 spiro atoms. The molecule has 1 unspecified atom stereocenters. The zero-order valence-corrected chi connectivity index (χ0v) is 11.3. The van der Waals surface area contributed by atoms with E-state index in [-0.39, 0.29) is 5.91 Å². The van der Waals surface area contributed by atoms with Crippen molar-refractivity contribution in [3.8, 4) is 0 Å². The van der Waals surface area contributed by atoms with Gasteiger partial charge in [0.15, 0.2) is 0 Å². The molecule has 92 valence electrons. The van der Waals surface area contributed by atoms with Crippen molar-refractivity contribution in [2.75, 3.05) is 25.0 Å². The molecule has 1 aliphatic heterocycles. The van der Waals surface area contributed by atoms with Crippen LogP contribution < -0.4 is 10.6 Å². The molecule has 1 heterocycles. The van der Waals surface area contributed by atoms with E-state index in [1.165, 1.54) is 0 Å². The van der Waals surface area contributed by atoms with E-state index in [1.807, 2.05) is 0 Å². The van der Waals surface area contributed by atoms with Crippen molar-refractivity contribution in [3.63, 3.8) is 0 Å². The predicted molar refractivity (Wildman–Crippen MR) is 70.4 cm³/mol. The minimum absolute atomic E-state index is 0.153. The van der Waals surface area contributed by atoms with E-state index in [4.69, 9.17) is 16.3 Å². The van der Waals surface area contributed by atoms with Crippen LogP contribution in [0.5, 0.6) is 0 Å². The summed E-state index contributed by atoms with van der Waals surface area (Å²) in [6.07, 6.45) is -0.439. The molecule has 2 N–H and O–H groups in total. The number of anilines is 1. The van der Waals surface area contributed by atoms with Crippen molar-refractivity contribution < 1.29 is 9.53 Å². The van der Waals surface area contributed by atoms with Crippen molar-refractivity contribution in [3.05, 3.63) is 27.7 Å². The Hall–Kier alpha value is -0.620. The zero-order valence-electron chi connectivity index (χ0n) is 9.00. The molecule has 0 saturated carbocycles. The summed E-state index contributed by atoms with van der Waals surface area (Å²) in [5.41, 5.74) is 0.688. The fourth-order valence-electron chi connectivity index (χ4n) is 1.54. The van der Waals surface area contributed by atoms with Gasteiger partial charge in [0.2, 0.25) is 0 Å². The molecule has 0 bridgehead atoms. The number of morpholine rings is 1. The molecule has 1 saturated heterocycles. The lowest BCUT2D eigenvalue weighted by Crippen LogP contribution is -2.45. The second kappa shape index (κ2) is 5.82. The number of halogens is 2. The van der Waals surface area contributed by atoms with Gasteiger partial charge in [-0.2, -0.15) is 0 Å². The van der Waals surface area contributed by atoms with E-state index in [9.17, 15) is 4.79 Å². The highest BCUT2D eigenvalue weighted by Gasteiger charge is 2.22. The normalized spacial score (nSPS) is 20.0. The first kappa shape index (κ1) is 12.8. The number of rotatable bonds is 2. The van der Waals surface area contributed by atoms with Crippen LogP contribution in [0.25, 0.3) is 0 Å². The van der Waals surface area contributed by atoms with E-state index in [0.717, 1.165) is 11.0 Å². The first-order chi connectivity index (χ1) is 8.16. The lowest BCUT2D eigenvalue weighted by molar-refractivity contribution is -0.128. The minimum Gasteiger partial charge on any atom is -0.366 e. The Morgan fingerprint density at radius 2 is 2.41 bits per heavy atom. The molecular formula is C11H12BrClN2O2. The average molecular weight is 320 g/mol. The number of carbonyl (C=O) groups is 1. The molecular weight excluding hydrogens is 307 g/mol. The first-order valence-corrected chi connectivity index (χ1v) is 6.42. The van der Waals surface area contributed by atoms with E-state index in [2.05, 4.69) is 26.6 Å². The standard InChI is InChI=1S/C11H12BrClN2O2/c12-8-5-7(13)1-2-9(8)15-11(16)10-6-14-3-4-17-10/h1-2,5,10,14H,3-4,6H2,(H,15,16). The van der Waals surface area contributed by atoms with Gasteiger partial charge in [0, 0.05) is 22.6 Å². The third-order valence-corrected chi connectivity index (χ3v) is 3.30. The lowest BCUT2D eigenvalue weighted by atomic mass is 10.2. The Bertz CT molecular complexity index is 422. The summed E-state index contributed by atoms with van der Waals surface area (Å²) in [4.78, 5) is 11.9. The van der Waals surface area contributed by atoms with Crippen molar-refractivity contribution in [1.29, 1.82) is 0 Å². The summed E-state index contributed by atoms with van der Waals surface area (Å²) in [6, 6.07) is 5.21. The van der Waals surface area contributed by atoms with Gasteiger partial charge in [0.05, 0.1) is 12.3 Å². The van der Waals surface area contributed by atoms with Gasteiger partial charge in [-0.05, 0) is 34.1 Å². The summed E-state index contributed by atoms with van der Waals surface area (Å²) in [5, 5.41) is 6.52. The second-order valence-corrected chi connectivity index (χ2v) is 4.97. The molecule has 6 heteroatoms. The van der Waals surface area contributed by atoms with Gasteiger partial charge < -0.3 is 15.4 Å². The van der Waals surface area contributed by atoms with Crippen LogP contribution in [-0.4, -0.2) is 31.7 Å². The van der Waals surface area contributed by atoms with Crippen LogP contribution in [0.4, 0.5) is 5.69 Å². The topological polar surface area (TPSA) is 50.4 Å². The molecule has 1 atom stereocenters. The summed E-state index contributed by atoms with van der Waals surface area (Å²) in [6.45, 7) is 1.88. The van der Waals surface area contributed by atoms with Crippen molar-refractivity contribution in [1.82, 2.24) is 5.32 Å². The zero-order chi connectivity index (χ0) is 12.3. The van der Waals surface area contributed by atoms with Crippen molar-refractivity contribution >= 4 is 39.1 Å². The Labute approximate surface area is 113 Å². The largest absolute Gasteiger partial charge is 0.366 e. The van der Waals surface area contributed by atoms with Crippen LogP contribution in [0, 0.1) is 0 Å². The van der Waals surface area contributed by atoms with Gasteiger partial charge in [0.25, 0.3) is 5.91 Å². The predicted octanol–water partition coefficient (Wildman–Crippen LogP) is 2.03. The Balaban J connectivity index is 2.02. The van der Waals surface area contributed by atoms with Crippen LogP contribution in [0.2, 0.25) is 5.02 Å². The highest BCUT2D eigenvalue weighted by atomic mass is 79.9. The van der Waals surface area contributed by atoms with Crippen molar-refractivity contribution in [2.24, 2.45) is 0 Å². The molecule has 0 aromatic heterocycles. The molecule has 17 heavy (non-hydrogen) atoms. The summed E-state index contributed by atoms with van der Waals surface area (Å²) < 4.78 is 6.11. The van der Waals surface area contributed by atoms with Crippen LogP contribution in [-0.2, 0) is 9.53 Å². The molecule has 0 aliphatic carbocycles. The number of nitrogens with one attached hydrogen (secondary N) is 2. The van der Waals surface area contributed by atoms with Gasteiger partial charge in [-0.3, -0.25) is 4.79 Å². The highest BCUT2D eigenvalue weighted by Crippen LogP contribution is 2.26. The fraction of sp³-hybridized carbons (Fsp3) is 0.364. The van der Waals surface area contributed by atoms with Gasteiger partial charge in [-0.15, -0.1) is 0 Å². The molecule has 0 radical (unpaired) electrons. The maximum absolute atomic E-state index is 11.9. The van der Waals surface area contributed by atoms with E-state index >= 15 is 0 Å². The third-order valence-electron chi connectivity index (χ3n) is 2.41. The molecule has 1 fully saturated rings.